The van der Waals surface area contributed by atoms with Crippen LogP contribution in [0.15, 0.2) is 24.2 Å². The molecule has 0 unspecified atom stereocenters. The average molecular weight is 349 g/mol. The lowest BCUT2D eigenvalue weighted by molar-refractivity contribution is 0.0325. The van der Waals surface area contributed by atoms with Gasteiger partial charge in [0.1, 0.15) is 0 Å². The Labute approximate surface area is 157 Å². The Kier molecular flexibility index (Phi) is 19.6. The fourth-order valence-electron chi connectivity index (χ4n) is 2.34. The van der Waals surface area contributed by atoms with E-state index >= 15 is 0 Å². The predicted octanol–water partition coefficient (Wildman–Crippen LogP) is 7.16. The minimum atomic E-state index is 0.586. The van der Waals surface area contributed by atoms with Crippen LogP contribution in [0, 0.1) is 11.8 Å². The van der Waals surface area contributed by atoms with Crippen molar-refractivity contribution in [2.75, 3.05) is 13.2 Å². The van der Waals surface area contributed by atoms with Crippen molar-refractivity contribution >= 4 is 0 Å². The van der Waals surface area contributed by atoms with Crippen LogP contribution in [0.2, 0.25) is 0 Å². The van der Waals surface area contributed by atoms with Crippen molar-refractivity contribution in [3.8, 4) is 11.8 Å². The Bertz CT molecular complexity index is 367. The van der Waals surface area contributed by atoms with Crippen LogP contribution in [0.4, 0.5) is 0 Å². The summed E-state index contributed by atoms with van der Waals surface area (Å²) in [5, 5.41) is 0. The van der Waals surface area contributed by atoms with Gasteiger partial charge >= 0.3 is 0 Å². The number of ether oxygens (including phenoxy) is 2. The largest absolute Gasteiger partial charge is 0.465 e. The van der Waals surface area contributed by atoms with E-state index in [2.05, 4.69) is 38.7 Å². The smallest absolute Gasteiger partial charge is 0.287 e. The van der Waals surface area contributed by atoms with E-state index in [0.717, 1.165) is 38.9 Å². The molecule has 2 heteroatoms. The van der Waals surface area contributed by atoms with Crippen LogP contribution < -0.4 is 0 Å². The maximum absolute atomic E-state index is 5.79. The first-order valence-corrected chi connectivity index (χ1v) is 10.5. The Morgan fingerprint density at radius 1 is 0.680 bits per heavy atom. The molecule has 0 aromatic rings. The van der Waals surface area contributed by atoms with Crippen molar-refractivity contribution in [1.82, 2.24) is 0 Å². The zero-order valence-corrected chi connectivity index (χ0v) is 16.9. The highest BCUT2D eigenvalue weighted by molar-refractivity contribution is 5.23. The van der Waals surface area contributed by atoms with Crippen LogP contribution in [0.25, 0.3) is 0 Å². The lowest BCUT2D eigenvalue weighted by atomic mass is 10.2. The Morgan fingerprint density at radius 2 is 1.24 bits per heavy atom. The van der Waals surface area contributed by atoms with Gasteiger partial charge in [0.05, 0.1) is 19.3 Å². The van der Waals surface area contributed by atoms with Crippen LogP contribution in [-0.2, 0) is 9.47 Å². The maximum atomic E-state index is 5.79. The van der Waals surface area contributed by atoms with Gasteiger partial charge in [-0.3, -0.25) is 0 Å². The van der Waals surface area contributed by atoms with E-state index in [1.54, 1.807) is 6.08 Å². The maximum Gasteiger partial charge on any atom is 0.287 e. The molecule has 0 saturated carbocycles. The quantitative estimate of drug-likeness (QED) is 0.167. The van der Waals surface area contributed by atoms with Gasteiger partial charge in [-0.1, -0.05) is 96.5 Å². The van der Waals surface area contributed by atoms with Gasteiger partial charge in [-0.15, -0.1) is 0 Å². The number of allylic oxidation sites excluding steroid dienone is 3. The van der Waals surface area contributed by atoms with Crippen LogP contribution in [-0.4, -0.2) is 13.2 Å². The van der Waals surface area contributed by atoms with E-state index < -0.39 is 0 Å². The van der Waals surface area contributed by atoms with Gasteiger partial charge in [0.2, 0.25) is 0 Å². The summed E-state index contributed by atoms with van der Waals surface area (Å²) in [6.07, 6.45) is 20.4. The van der Waals surface area contributed by atoms with E-state index in [0.29, 0.717) is 5.95 Å². The molecule has 0 heterocycles. The van der Waals surface area contributed by atoms with Gasteiger partial charge in [0.15, 0.2) is 0 Å². The van der Waals surface area contributed by atoms with E-state index in [4.69, 9.17) is 9.47 Å². The first-order valence-electron chi connectivity index (χ1n) is 10.5. The molecular formula is C23H40O2. The highest BCUT2D eigenvalue weighted by Crippen LogP contribution is 2.08. The van der Waals surface area contributed by atoms with Gasteiger partial charge in [-0.25, -0.2) is 0 Å². The van der Waals surface area contributed by atoms with Gasteiger partial charge in [-0.2, -0.15) is 0 Å². The highest BCUT2D eigenvalue weighted by atomic mass is 16.7. The van der Waals surface area contributed by atoms with Crippen LogP contribution in [0.1, 0.15) is 97.8 Å². The molecular weight excluding hydrogens is 308 g/mol. The monoisotopic (exact) mass is 348 g/mol. The standard InChI is InChI=1S/C23H40O2/c1-4-7-10-13-14-17-20-23(24-21-18-15-11-8-5-2)25-22-19-16-12-9-6-3/h10,13,20H,4-9,11-12,15-16,18-19,21-22H2,1-3H3/b13-10+. The summed E-state index contributed by atoms with van der Waals surface area (Å²) in [5.74, 6) is 6.62. The van der Waals surface area contributed by atoms with Crippen molar-refractivity contribution in [1.29, 1.82) is 0 Å². The van der Waals surface area contributed by atoms with Crippen molar-refractivity contribution in [3.05, 3.63) is 24.2 Å². The van der Waals surface area contributed by atoms with Gasteiger partial charge < -0.3 is 9.47 Å². The molecule has 144 valence electrons. The number of hydrogen-bond donors (Lipinski definition) is 0. The third-order valence-electron chi connectivity index (χ3n) is 3.91. The number of hydrogen-bond acceptors (Lipinski definition) is 2. The van der Waals surface area contributed by atoms with Gasteiger partial charge in [0, 0.05) is 0 Å². The first kappa shape index (κ1) is 23.6. The summed E-state index contributed by atoms with van der Waals surface area (Å²) in [4.78, 5) is 0. The lowest BCUT2D eigenvalue weighted by Crippen LogP contribution is -2.02. The second kappa shape index (κ2) is 20.7. The van der Waals surface area contributed by atoms with Gasteiger partial charge in [-0.05, 0) is 25.3 Å². The molecule has 0 radical (unpaired) electrons. The minimum absolute atomic E-state index is 0.586. The molecule has 0 atom stereocenters. The summed E-state index contributed by atoms with van der Waals surface area (Å²) >= 11 is 0. The predicted molar refractivity (Wildman–Crippen MR) is 109 cm³/mol. The van der Waals surface area contributed by atoms with Crippen molar-refractivity contribution in [2.24, 2.45) is 0 Å². The Balaban J connectivity index is 4.15. The summed E-state index contributed by atoms with van der Waals surface area (Å²) in [6.45, 7) is 8.08. The van der Waals surface area contributed by atoms with Crippen molar-refractivity contribution in [2.45, 2.75) is 97.8 Å². The Hall–Kier alpha value is -1.36. The van der Waals surface area contributed by atoms with E-state index in [1.165, 1.54) is 51.4 Å². The molecule has 0 rings (SSSR count). The molecule has 0 aliphatic rings. The zero-order valence-electron chi connectivity index (χ0n) is 16.9. The van der Waals surface area contributed by atoms with E-state index in [-0.39, 0.29) is 0 Å². The summed E-state index contributed by atoms with van der Waals surface area (Å²) in [5.41, 5.74) is 0. The number of unbranched alkanes of at least 4 members (excludes halogenated alkanes) is 9. The molecule has 0 N–H and O–H groups in total. The Morgan fingerprint density at radius 3 is 1.76 bits per heavy atom. The average Bonchev–Trinajstić information content (AvgIpc) is 2.63. The topological polar surface area (TPSA) is 18.5 Å². The second-order valence-corrected chi connectivity index (χ2v) is 6.47. The molecule has 0 aromatic carbocycles. The first-order chi connectivity index (χ1) is 12.3. The third-order valence-corrected chi connectivity index (χ3v) is 3.91. The molecule has 25 heavy (non-hydrogen) atoms. The third kappa shape index (κ3) is 18.8. The normalized spacial score (nSPS) is 10.4. The molecule has 0 amide bonds. The molecule has 0 bridgehead atoms. The molecule has 0 saturated heterocycles. The fraction of sp³-hybridized carbons (Fsp3) is 0.739. The lowest BCUT2D eigenvalue weighted by Gasteiger charge is -2.11. The van der Waals surface area contributed by atoms with Gasteiger partial charge in [0.25, 0.3) is 5.95 Å². The molecule has 2 nitrogen and oxygen atoms in total. The van der Waals surface area contributed by atoms with Crippen LogP contribution in [0.5, 0.6) is 0 Å². The number of rotatable bonds is 16. The highest BCUT2D eigenvalue weighted by Gasteiger charge is 1.99. The van der Waals surface area contributed by atoms with Crippen molar-refractivity contribution < 1.29 is 9.47 Å². The molecule has 0 aliphatic carbocycles. The summed E-state index contributed by atoms with van der Waals surface area (Å²) in [7, 11) is 0. The second-order valence-electron chi connectivity index (χ2n) is 6.47. The molecule has 0 aliphatic heterocycles. The molecule has 0 aromatic heterocycles. The molecule has 0 fully saturated rings. The summed E-state index contributed by atoms with van der Waals surface area (Å²) < 4.78 is 11.6. The SMILES string of the molecule is CCC/C=C/C#CC=C(OCCCCCCC)OCCCCCCC. The van der Waals surface area contributed by atoms with Crippen LogP contribution in [0.3, 0.4) is 0 Å². The molecule has 0 spiro atoms. The fourth-order valence-corrected chi connectivity index (χ4v) is 2.34. The van der Waals surface area contributed by atoms with E-state index in [9.17, 15) is 0 Å². The minimum Gasteiger partial charge on any atom is -0.465 e. The van der Waals surface area contributed by atoms with Crippen molar-refractivity contribution in [3.63, 3.8) is 0 Å². The van der Waals surface area contributed by atoms with Crippen LogP contribution >= 0.6 is 0 Å². The zero-order chi connectivity index (χ0) is 18.4. The summed E-state index contributed by atoms with van der Waals surface area (Å²) in [6, 6.07) is 0. The van der Waals surface area contributed by atoms with E-state index in [1.807, 2.05) is 6.08 Å².